The SMILES string of the molecule is CCOC(=O)C1=C(O)/C(=C\c2cc(C)n(C3CCN(Cc4cccn4C)CC3)c2C)N=C1C. The zero-order valence-electron chi connectivity index (χ0n) is 20.3. The first-order chi connectivity index (χ1) is 15.8. The van der Waals surface area contributed by atoms with Crippen LogP contribution in [0.3, 0.4) is 0 Å². The van der Waals surface area contributed by atoms with Crippen molar-refractivity contribution >= 4 is 17.8 Å². The molecule has 7 nitrogen and oxygen atoms in total. The van der Waals surface area contributed by atoms with Gasteiger partial charge in [0, 0.05) is 56.0 Å². The van der Waals surface area contributed by atoms with E-state index in [4.69, 9.17) is 4.74 Å². The van der Waals surface area contributed by atoms with Gasteiger partial charge in [-0.1, -0.05) is 0 Å². The van der Waals surface area contributed by atoms with Crippen LogP contribution in [0.4, 0.5) is 0 Å². The van der Waals surface area contributed by atoms with Gasteiger partial charge in [-0.2, -0.15) is 0 Å². The summed E-state index contributed by atoms with van der Waals surface area (Å²) in [7, 11) is 2.10. The molecule has 1 fully saturated rings. The van der Waals surface area contributed by atoms with E-state index >= 15 is 0 Å². The van der Waals surface area contributed by atoms with Crippen molar-refractivity contribution in [1.82, 2.24) is 14.0 Å². The molecule has 1 N–H and O–H groups in total. The van der Waals surface area contributed by atoms with Crippen LogP contribution in [0.5, 0.6) is 0 Å². The van der Waals surface area contributed by atoms with Gasteiger partial charge < -0.3 is 19.0 Å². The van der Waals surface area contributed by atoms with E-state index in [0.29, 0.717) is 17.5 Å². The lowest BCUT2D eigenvalue weighted by Crippen LogP contribution is -2.35. The molecule has 0 atom stereocenters. The number of aliphatic hydroxyl groups is 1. The lowest BCUT2D eigenvalue weighted by atomic mass is 10.0. The molecule has 2 aromatic heterocycles. The summed E-state index contributed by atoms with van der Waals surface area (Å²) in [5.41, 5.74) is 5.77. The zero-order chi connectivity index (χ0) is 23.7. The highest BCUT2D eigenvalue weighted by Gasteiger charge is 2.28. The van der Waals surface area contributed by atoms with E-state index in [-0.39, 0.29) is 17.9 Å². The van der Waals surface area contributed by atoms with Crippen LogP contribution >= 0.6 is 0 Å². The Kier molecular flexibility index (Phi) is 6.61. The average Bonchev–Trinajstić information content (AvgIpc) is 3.39. The van der Waals surface area contributed by atoms with E-state index in [9.17, 15) is 9.90 Å². The average molecular weight is 451 g/mol. The van der Waals surface area contributed by atoms with Crippen molar-refractivity contribution in [2.24, 2.45) is 12.0 Å². The van der Waals surface area contributed by atoms with Crippen molar-refractivity contribution in [3.8, 4) is 0 Å². The number of aryl methyl sites for hydroxylation is 2. The van der Waals surface area contributed by atoms with E-state index in [1.807, 2.05) is 6.08 Å². The van der Waals surface area contributed by atoms with Gasteiger partial charge in [0.1, 0.15) is 11.3 Å². The van der Waals surface area contributed by atoms with Gasteiger partial charge in [-0.05, 0) is 70.4 Å². The van der Waals surface area contributed by atoms with Crippen LogP contribution in [0, 0.1) is 13.8 Å². The van der Waals surface area contributed by atoms with Crippen molar-refractivity contribution < 1.29 is 14.6 Å². The topological polar surface area (TPSA) is 72.0 Å². The molecule has 33 heavy (non-hydrogen) atoms. The molecule has 0 aromatic carbocycles. The summed E-state index contributed by atoms with van der Waals surface area (Å²) in [5.74, 6) is -0.642. The van der Waals surface area contributed by atoms with Crippen LogP contribution in [-0.2, 0) is 23.1 Å². The van der Waals surface area contributed by atoms with Gasteiger partial charge >= 0.3 is 5.97 Å². The van der Waals surface area contributed by atoms with E-state index in [1.165, 1.54) is 11.4 Å². The fourth-order valence-electron chi connectivity index (χ4n) is 5.02. The Morgan fingerprint density at radius 1 is 1.27 bits per heavy atom. The van der Waals surface area contributed by atoms with Crippen LogP contribution in [0.15, 0.2) is 46.4 Å². The predicted molar refractivity (Wildman–Crippen MR) is 130 cm³/mol. The molecule has 0 radical (unpaired) electrons. The first-order valence-corrected chi connectivity index (χ1v) is 11.7. The summed E-state index contributed by atoms with van der Waals surface area (Å²) in [6.45, 7) is 11.1. The van der Waals surface area contributed by atoms with Gasteiger partial charge in [0.05, 0.1) is 12.3 Å². The number of esters is 1. The van der Waals surface area contributed by atoms with Gasteiger partial charge in [-0.15, -0.1) is 0 Å². The van der Waals surface area contributed by atoms with Crippen molar-refractivity contribution in [2.45, 2.75) is 53.1 Å². The molecule has 2 aliphatic heterocycles. The molecule has 2 aromatic rings. The molecule has 0 unspecified atom stereocenters. The number of rotatable bonds is 6. The van der Waals surface area contributed by atoms with Crippen LogP contribution in [0.25, 0.3) is 6.08 Å². The monoisotopic (exact) mass is 450 g/mol. The lowest BCUT2D eigenvalue weighted by Gasteiger charge is -2.34. The number of piperidine rings is 1. The minimum absolute atomic E-state index is 0.107. The molecule has 0 amide bonds. The summed E-state index contributed by atoms with van der Waals surface area (Å²) < 4.78 is 9.68. The van der Waals surface area contributed by atoms with Crippen LogP contribution < -0.4 is 0 Å². The molecule has 0 saturated carbocycles. The second-order valence-electron chi connectivity index (χ2n) is 8.99. The fourth-order valence-corrected chi connectivity index (χ4v) is 5.02. The van der Waals surface area contributed by atoms with E-state index in [0.717, 1.165) is 43.7 Å². The maximum atomic E-state index is 12.2. The van der Waals surface area contributed by atoms with Crippen LogP contribution in [0.1, 0.15) is 55.4 Å². The molecule has 7 heteroatoms. The minimum Gasteiger partial charge on any atom is -0.505 e. The number of carbonyl (C=O) groups excluding carboxylic acids is 1. The number of aliphatic imine (C=N–C) groups is 1. The first-order valence-electron chi connectivity index (χ1n) is 11.7. The molecule has 176 valence electrons. The van der Waals surface area contributed by atoms with Gasteiger partial charge in [0.25, 0.3) is 0 Å². The lowest BCUT2D eigenvalue weighted by molar-refractivity contribution is -0.138. The Balaban J connectivity index is 1.50. The number of ether oxygens (including phenoxy) is 1. The summed E-state index contributed by atoms with van der Waals surface area (Å²) in [6.07, 6.45) is 6.18. The van der Waals surface area contributed by atoms with Crippen LogP contribution in [-0.4, -0.2) is 50.5 Å². The van der Waals surface area contributed by atoms with Gasteiger partial charge in [0.15, 0.2) is 5.76 Å². The fraction of sp³-hybridized carbons (Fsp3) is 0.462. The largest absolute Gasteiger partial charge is 0.505 e. The number of aromatic nitrogens is 2. The highest BCUT2D eigenvalue weighted by Crippen LogP contribution is 2.32. The normalized spacial score (nSPS) is 18.9. The molecule has 0 aliphatic carbocycles. The Labute approximate surface area is 195 Å². The second kappa shape index (κ2) is 9.43. The zero-order valence-corrected chi connectivity index (χ0v) is 20.3. The van der Waals surface area contributed by atoms with Gasteiger partial charge in [0.2, 0.25) is 0 Å². The van der Waals surface area contributed by atoms with E-state index in [2.05, 4.69) is 64.3 Å². The van der Waals surface area contributed by atoms with Gasteiger partial charge in [-0.3, -0.25) is 4.90 Å². The molecular formula is C26H34N4O3. The smallest absolute Gasteiger partial charge is 0.343 e. The number of likely N-dealkylation sites (tertiary alicyclic amines) is 1. The van der Waals surface area contributed by atoms with Gasteiger partial charge in [-0.25, -0.2) is 9.79 Å². The number of nitrogens with zero attached hydrogens (tertiary/aromatic N) is 4. The molecular weight excluding hydrogens is 416 g/mol. The number of aliphatic hydroxyl groups excluding tert-OH is 1. The minimum atomic E-state index is -0.535. The number of carbonyl (C=O) groups is 1. The standard InChI is InChI=1S/C26H34N4O3/c1-6-33-26(32)24-18(3)27-23(25(24)31)15-20-14-17(2)30(19(20)4)21-9-12-29(13-10-21)16-22-8-7-11-28(22)5/h7-8,11,14-15,21,31H,6,9-10,12-13,16H2,1-5H3/b23-15+. The summed E-state index contributed by atoms with van der Waals surface area (Å²) >= 11 is 0. The third-order valence-electron chi connectivity index (χ3n) is 6.78. The molecule has 2 aliphatic rings. The summed E-state index contributed by atoms with van der Waals surface area (Å²) in [6, 6.07) is 6.88. The molecule has 4 rings (SSSR count). The van der Waals surface area contributed by atoms with Crippen molar-refractivity contribution in [2.75, 3.05) is 19.7 Å². The van der Waals surface area contributed by atoms with E-state index < -0.39 is 5.97 Å². The summed E-state index contributed by atoms with van der Waals surface area (Å²) in [5, 5.41) is 10.6. The van der Waals surface area contributed by atoms with E-state index in [1.54, 1.807) is 13.8 Å². The highest BCUT2D eigenvalue weighted by atomic mass is 16.5. The predicted octanol–water partition coefficient (Wildman–Crippen LogP) is 4.47. The van der Waals surface area contributed by atoms with Crippen molar-refractivity contribution in [1.29, 1.82) is 0 Å². The highest BCUT2D eigenvalue weighted by molar-refractivity contribution is 6.22. The van der Waals surface area contributed by atoms with Crippen molar-refractivity contribution in [3.05, 3.63) is 64.1 Å². The molecule has 1 saturated heterocycles. The maximum absolute atomic E-state index is 12.2. The number of hydrogen-bond acceptors (Lipinski definition) is 5. The summed E-state index contributed by atoms with van der Waals surface area (Å²) in [4.78, 5) is 19.1. The van der Waals surface area contributed by atoms with Crippen molar-refractivity contribution in [3.63, 3.8) is 0 Å². The molecule has 0 spiro atoms. The maximum Gasteiger partial charge on any atom is 0.343 e. The third kappa shape index (κ3) is 4.55. The first kappa shape index (κ1) is 23.1. The molecule has 4 heterocycles. The molecule has 0 bridgehead atoms. The Morgan fingerprint density at radius 2 is 2.00 bits per heavy atom. The number of hydrogen-bond donors (Lipinski definition) is 1. The van der Waals surface area contributed by atoms with Crippen LogP contribution in [0.2, 0.25) is 0 Å². The second-order valence-corrected chi connectivity index (χ2v) is 8.99. The third-order valence-corrected chi connectivity index (χ3v) is 6.78. The Morgan fingerprint density at radius 3 is 2.64 bits per heavy atom. The Bertz CT molecular complexity index is 1140. The Hall–Kier alpha value is -3.06. The quantitative estimate of drug-likeness (QED) is 0.659.